The molecule has 0 spiro atoms. The first-order valence-corrected chi connectivity index (χ1v) is 9.10. The minimum atomic E-state index is -0.0361. The van der Waals surface area contributed by atoms with E-state index in [0.29, 0.717) is 5.56 Å². The molecule has 1 aliphatic heterocycles. The Labute approximate surface area is 147 Å². The lowest BCUT2D eigenvalue weighted by Crippen LogP contribution is -2.45. The van der Waals surface area contributed by atoms with Crippen molar-refractivity contribution in [2.45, 2.75) is 44.6 Å². The van der Waals surface area contributed by atoms with E-state index in [4.69, 9.17) is 0 Å². The summed E-state index contributed by atoms with van der Waals surface area (Å²) >= 11 is 0. The highest BCUT2D eigenvalue weighted by Crippen LogP contribution is 2.28. The van der Waals surface area contributed by atoms with E-state index in [9.17, 15) is 4.79 Å². The van der Waals surface area contributed by atoms with Crippen LogP contribution in [0.15, 0.2) is 30.9 Å². The third kappa shape index (κ3) is 3.48. The fraction of sp³-hybridized carbons (Fsp3) is 0.474. The highest BCUT2D eigenvalue weighted by Gasteiger charge is 2.25. The quantitative estimate of drug-likeness (QED) is 0.929. The van der Waals surface area contributed by atoms with Crippen LogP contribution in [0.4, 0.5) is 5.82 Å². The normalized spacial score (nSPS) is 17.8. The van der Waals surface area contributed by atoms with Crippen molar-refractivity contribution >= 4 is 11.7 Å². The number of nitrogens with one attached hydrogen (secondary N) is 1. The second kappa shape index (κ2) is 7.17. The van der Waals surface area contributed by atoms with Crippen LogP contribution in [0.1, 0.15) is 47.3 Å². The lowest BCUT2D eigenvalue weighted by Gasteiger charge is -2.35. The largest absolute Gasteiger partial charge is 0.356 e. The van der Waals surface area contributed by atoms with E-state index in [0.717, 1.165) is 44.6 Å². The summed E-state index contributed by atoms with van der Waals surface area (Å²) in [5, 5.41) is 3.13. The SMILES string of the molecule is O=C(NC1CCN(c2ncnc3c2CCCC3)CC1)c1cccnc1. The number of anilines is 1. The zero-order chi connectivity index (χ0) is 17.1. The zero-order valence-corrected chi connectivity index (χ0v) is 14.3. The van der Waals surface area contributed by atoms with Crippen LogP contribution in [-0.2, 0) is 12.8 Å². The first kappa shape index (κ1) is 16.0. The molecule has 6 nitrogen and oxygen atoms in total. The van der Waals surface area contributed by atoms with E-state index in [-0.39, 0.29) is 11.9 Å². The van der Waals surface area contributed by atoms with Gasteiger partial charge >= 0.3 is 0 Å². The topological polar surface area (TPSA) is 71.0 Å². The molecule has 25 heavy (non-hydrogen) atoms. The summed E-state index contributed by atoms with van der Waals surface area (Å²) in [4.78, 5) is 27.7. The van der Waals surface area contributed by atoms with Gasteiger partial charge in [0.05, 0.1) is 5.56 Å². The standard InChI is InChI=1S/C19H23N5O/c25-19(14-4-3-9-20-12-14)23-15-7-10-24(11-8-15)18-16-5-1-2-6-17(16)21-13-22-18/h3-4,9,12-13,15H,1-2,5-8,10-11H2,(H,23,25). The van der Waals surface area contributed by atoms with Gasteiger partial charge in [-0.25, -0.2) is 9.97 Å². The second-order valence-electron chi connectivity index (χ2n) is 6.81. The molecule has 2 aromatic heterocycles. The molecule has 0 aromatic carbocycles. The number of carbonyl (C=O) groups excluding carboxylic acids is 1. The summed E-state index contributed by atoms with van der Waals surface area (Å²) < 4.78 is 0. The molecule has 1 aliphatic carbocycles. The van der Waals surface area contributed by atoms with Crippen LogP contribution < -0.4 is 10.2 Å². The van der Waals surface area contributed by atoms with Crippen LogP contribution in [0.5, 0.6) is 0 Å². The van der Waals surface area contributed by atoms with Gasteiger partial charge in [-0.2, -0.15) is 0 Å². The number of rotatable bonds is 3. The molecule has 130 valence electrons. The van der Waals surface area contributed by atoms with Crippen molar-refractivity contribution in [1.29, 1.82) is 0 Å². The molecule has 0 bridgehead atoms. The van der Waals surface area contributed by atoms with E-state index in [2.05, 4.69) is 25.2 Å². The van der Waals surface area contributed by atoms with Gasteiger partial charge in [0.15, 0.2) is 0 Å². The van der Waals surface area contributed by atoms with Gasteiger partial charge in [0.25, 0.3) is 5.91 Å². The highest BCUT2D eigenvalue weighted by atomic mass is 16.1. The van der Waals surface area contributed by atoms with E-state index in [1.807, 2.05) is 0 Å². The van der Waals surface area contributed by atoms with Crippen molar-refractivity contribution < 1.29 is 4.79 Å². The number of pyridine rings is 1. The van der Waals surface area contributed by atoms with Crippen LogP contribution in [0, 0.1) is 0 Å². The van der Waals surface area contributed by atoms with Crippen LogP contribution in [0.2, 0.25) is 0 Å². The second-order valence-corrected chi connectivity index (χ2v) is 6.81. The molecule has 0 atom stereocenters. The van der Waals surface area contributed by atoms with Crippen molar-refractivity contribution in [3.05, 3.63) is 47.7 Å². The molecular weight excluding hydrogens is 314 g/mol. The van der Waals surface area contributed by atoms with Gasteiger partial charge in [-0.3, -0.25) is 9.78 Å². The van der Waals surface area contributed by atoms with Gasteiger partial charge in [0.2, 0.25) is 0 Å². The summed E-state index contributed by atoms with van der Waals surface area (Å²) in [6.07, 6.45) is 11.5. The van der Waals surface area contributed by atoms with Gasteiger partial charge in [-0.15, -0.1) is 0 Å². The zero-order valence-electron chi connectivity index (χ0n) is 14.3. The Morgan fingerprint density at radius 1 is 1.16 bits per heavy atom. The number of fused-ring (bicyclic) bond motifs is 1. The molecule has 1 saturated heterocycles. The summed E-state index contributed by atoms with van der Waals surface area (Å²) in [5.74, 6) is 1.08. The Hall–Kier alpha value is -2.50. The Morgan fingerprint density at radius 2 is 2.00 bits per heavy atom. The number of nitrogens with zero attached hydrogens (tertiary/aromatic N) is 4. The molecule has 6 heteroatoms. The third-order valence-electron chi connectivity index (χ3n) is 5.16. The van der Waals surface area contributed by atoms with Gasteiger partial charge in [0.1, 0.15) is 12.1 Å². The van der Waals surface area contributed by atoms with Crippen LogP contribution in [0.3, 0.4) is 0 Å². The molecule has 3 heterocycles. The maximum absolute atomic E-state index is 12.3. The lowest BCUT2D eigenvalue weighted by atomic mass is 9.95. The van der Waals surface area contributed by atoms with Crippen molar-refractivity contribution in [3.63, 3.8) is 0 Å². The summed E-state index contributed by atoms with van der Waals surface area (Å²) in [6, 6.07) is 3.79. The van der Waals surface area contributed by atoms with Crippen molar-refractivity contribution in [2.75, 3.05) is 18.0 Å². The van der Waals surface area contributed by atoms with E-state index >= 15 is 0 Å². The van der Waals surface area contributed by atoms with Crippen LogP contribution >= 0.6 is 0 Å². The third-order valence-corrected chi connectivity index (χ3v) is 5.16. The molecule has 2 aliphatic rings. The fourth-order valence-electron chi connectivity index (χ4n) is 3.78. The van der Waals surface area contributed by atoms with Crippen LogP contribution in [-0.4, -0.2) is 40.0 Å². The molecule has 1 fully saturated rings. The first-order valence-electron chi connectivity index (χ1n) is 9.10. The molecule has 2 aromatic rings. The van der Waals surface area contributed by atoms with Gasteiger partial charge < -0.3 is 10.2 Å². The first-order chi connectivity index (χ1) is 12.3. The van der Waals surface area contributed by atoms with E-state index in [1.165, 1.54) is 24.1 Å². The number of aromatic nitrogens is 3. The number of piperidine rings is 1. The Kier molecular flexibility index (Phi) is 4.59. The average molecular weight is 337 g/mol. The summed E-state index contributed by atoms with van der Waals surface area (Å²) in [5.41, 5.74) is 3.18. The number of hydrogen-bond acceptors (Lipinski definition) is 5. The molecule has 0 radical (unpaired) electrons. The molecular formula is C19H23N5O. The minimum absolute atomic E-state index is 0.0361. The Balaban J connectivity index is 1.38. The number of amides is 1. The highest BCUT2D eigenvalue weighted by molar-refractivity contribution is 5.94. The summed E-state index contributed by atoms with van der Waals surface area (Å²) in [7, 11) is 0. The predicted molar refractivity (Wildman–Crippen MR) is 95.6 cm³/mol. The molecule has 0 saturated carbocycles. The molecule has 1 amide bonds. The lowest BCUT2D eigenvalue weighted by molar-refractivity contribution is 0.0930. The van der Waals surface area contributed by atoms with Crippen molar-refractivity contribution in [2.24, 2.45) is 0 Å². The fourth-order valence-corrected chi connectivity index (χ4v) is 3.78. The average Bonchev–Trinajstić information content (AvgIpc) is 2.69. The van der Waals surface area contributed by atoms with Gasteiger partial charge in [0, 0.05) is 42.8 Å². The minimum Gasteiger partial charge on any atom is -0.356 e. The van der Waals surface area contributed by atoms with Gasteiger partial charge in [-0.1, -0.05) is 0 Å². The van der Waals surface area contributed by atoms with Crippen molar-refractivity contribution in [1.82, 2.24) is 20.3 Å². The molecule has 0 unspecified atom stereocenters. The molecule has 4 rings (SSSR count). The van der Waals surface area contributed by atoms with E-state index in [1.54, 1.807) is 30.9 Å². The maximum atomic E-state index is 12.3. The predicted octanol–water partition coefficient (Wildman–Crippen LogP) is 2.15. The van der Waals surface area contributed by atoms with Crippen molar-refractivity contribution in [3.8, 4) is 0 Å². The van der Waals surface area contributed by atoms with Crippen LogP contribution in [0.25, 0.3) is 0 Å². The number of aryl methyl sites for hydroxylation is 1. The summed E-state index contributed by atoms with van der Waals surface area (Å²) in [6.45, 7) is 1.84. The monoisotopic (exact) mass is 337 g/mol. The molecule has 1 N–H and O–H groups in total. The Bertz CT molecular complexity index is 741. The van der Waals surface area contributed by atoms with E-state index < -0.39 is 0 Å². The van der Waals surface area contributed by atoms with Gasteiger partial charge in [-0.05, 0) is 50.7 Å². The number of carbonyl (C=O) groups is 1. The maximum Gasteiger partial charge on any atom is 0.253 e. The Morgan fingerprint density at radius 3 is 2.80 bits per heavy atom. The number of hydrogen-bond donors (Lipinski definition) is 1. The smallest absolute Gasteiger partial charge is 0.253 e.